The van der Waals surface area contributed by atoms with E-state index in [1.807, 2.05) is 48.5 Å². The Morgan fingerprint density at radius 3 is 2.39 bits per heavy atom. The van der Waals surface area contributed by atoms with E-state index in [4.69, 9.17) is 22.4 Å². The molecule has 3 N–H and O–H groups in total. The number of fused-ring (bicyclic) bond motifs is 1. The average molecular weight is 446 g/mol. The first-order valence-corrected chi connectivity index (χ1v) is 9.99. The van der Waals surface area contributed by atoms with Gasteiger partial charge in [0, 0.05) is 24.4 Å². The number of nitrogens with two attached hydrogens (primary N) is 1. The molecule has 0 radical (unpaired) electrons. The van der Waals surface area contributed by atoms with Crippen LogP contribution in [0.25, 0.3) is 28.1 Å². The molecule has 1 heterocycles. The van der Waals surface area contributed by atoms with Gasteiger partial charge in [0.1, 0.15) is 5.82 Å². The average Bonchev–Trinajstić information content (AvgIpc) is 3.11. The van der Waals surface area contributed by atoms with Crippen molar-refractivity contribution in [3.05, 3.63) is 82.4 Å². The molecule has 8 heteroatoms. The van der Waals surface area contributed by atoms with Crippen molar-refractivity contribution < 1.29 is 18.3 Å². The van der Waals surface area contributed by atoms with Crippen molar-refractivity contribution >= 4 is 22.6 Å². The Labute approximate surface area is 181 Å². The zero-order valence-electron chi connectivity index (χ0n) is 16.3. The number of aromatic nitrogens is 2. The second-order valence-corrected chi connectivity index (χ2v) is 7.50. The largest absolute Gasteiger partial charge is 0.417 e. The summed E-state index contributed by atoms with van der Waals surface area (Å²) in [5, 5.41) is 8.76. The minimum Gasteiger partial charge on any atom is -0.396 e. The van der Waals surface area contributed by atoms with Crippen LogP contribution in [0.5, 0.6) is 0 Å². The Kier molecular flexibility index (Phi) is 5.75. The van der Waals surface area contributed by atoms with Gasteiger partial charge < -0.3 is 10.8 Å². The van der Waals surface area contributed by atoms with E-state index in [1.54, 1.807) is 4.57 Å². The predicted octanol–water partition coefficient (Wildman–Crippen LogP) is 5.36. The van der Waals surface area contributed by atoms with Crippen molar-refractivity contribution in [1.82, 2.24) is 9.55 Å². The molecular weight excluding hydrogens is 427 g/mol. The number of alkyl halides is 3. The number of hydrogen-bond acceptors (Lipinski definition) is 3. The molecule has 4 nitrogen and oxygen atoms in total. The topological polar surface area (TPSA) is 64.1 Å². The van der Waals surface area contributed by atoms with Crippen LogP contribution in [-0.4, -0.2) is 21.3 Å². The number of aliphatic hydroxyl groups is 1. The Morgan fingerprint density at radius 2 is 1.74 bits per heavy atom. The second kappa shape index (κ2) is 8.34. The zero-order chi connectivity index (χ0) is 22.2. The van der Waals surface area contributed by atoms with Crippen molar-refractivity contribution in [2.45, 2.75) is 19.1 Å². The van der Waals surface area contributed by atoms with Crippen molar-refractivity contribution in [2.24, 2.45) is 5.73 Å². The lowest BCUT2D eigenvalue weighted by atomic mass is 10.1. The molecule has 0 saturated carbocycles. The molecular formula is C23H19ClF3N3O. The number of nitrogens with zero attached hydrogens (tertiary/aromatic N) is 2. The SMILES string of the molecule is NCc1ccccc1-c1nc2cc(C(F)(F)F)c(Cl)cc2n1-c1ccc(CCO)cc1. The Hall–Kier alpha value is -2.87. The number of imidazole rings is 1. The molecule has 0 atom stereocenters. The molecule has 0 amide bonds. The molecule has 0 bridgehead atoms. The lowest BCUT2D eigenvalue weighted by Crippen LogP contribution is -2.06. The van der Waals surface area contributed by atoms with Gasteiger partial charge in [0.2, 0.25) is 0 Å². The highest BCUT2D eigenvalue weighted by Gasteiger charge is 2.34. The third-order valence-electron chi connectivity index (χ3n) is 5.12. The van der Waals surface area contributed by atoms with Crippen LogP contribution in [-0.2, 0) is 19.1 Å². The van der Waals surface area contributed by atoms with Crippen LogP contribution in [0.3, 0.4) is 0 Å². The van der Waals surface area contributed by atoms with Crippen LogP contribution in [0.4, 0.5) is 13.2 Å². The van der Waals surface area contributed by atoms with E-state index in [9.17, 15) is 13.2 Å². The Balaban J connectivity index is 2.02. The molecule has 0 aliphatic rings. The molecule has 0 spiro atoms. The lowest BCUT2D eigenvalue weighted by Gasteiger charge is -2.13. The molecule has 31 heavy (non-hydrogen) atoms. The molecule has 3 aromatic carbocycles. The summed E-state index contributed by atoms with van der Waals surface area (Å²) in [6.07, 6.45) is -4.08. The van der Waals surface area contributed by atoms with Gasteiger partial charge in [-0.25, -0.2) is 4.98 Å². The minimum atomic E-state index is -4.59. The quantitative estimate of drug-likeness (QED) is 0.434. The molecule has 0 aliphatic heterocycles. The van der Waals surface area contributed by atoms with Crippen LogP contribution in [0, 0.1) is 0 Å². The number of halogens is 4. The van der Waals surface area contributed by atoms with Crippen LogP contribution in [0.2, 0.25) is 5.02 Å². The van der Waals surface area contributed by atoms with E-state index in [2.05, 4.69) is 4.98 Å². The smallest absolute Gasteiger partial charge is 0.396 e. The van der Waals surface area contributed by atoms with Crippen molar-refractivity contribution in [1.29, 1.82) is 0 Å². The van der Waals surface area contributed by atoms with E-state index in [0.717, 1.165) is 22.8 Å². The van der Waals surface area contributed by atoms with E-state index in [1.165, 1.54) is 6.07 Å². The summed E-state index contributed by atoms with van der Waals surface area (Å²) >= 11 is 6.02. The standard InChI is InChI=1S/C23H19ClF3N3O/c24-19-12-21-20(11-18(19)23(25,26)27)29-22(17-4-2-1-3-15(17)13-28)30(21)16-7-5-14(6-8-16)9-10-31/h1-8,11-12,31H,9-10,13,28H2. The Morgan fingerprint density at radius 1 is 1.03 bits per heavy atom. The number of hydrogen-bond donors (Lipinski definition) is 2. The minimum absolute atomic E-state index is 0.0261. The molecule has 0 fully saturated rings. The monoisotopic (exact) mass is 445 g/mol. The highest BCUT2D eigenvalue weighted by molar-refractivity contribution is 6.32. The van der Waals surface area contributed by atoms with Gasteiger partial charge in [-0.05, 0) is 41.8 Å². The molecule has 1 aromatic heterocycles. The lowest BCUT2D eigenvalue weighted by molar-refractivity contribution is -0.137. The van der Waals surface area contributed by atoms with Crippen LogP contribution < -0.4 is 5.73 Å². The normalized spacial score (nSPS) is 11.9. The maximum atomic E-state index is 13.4. The van der Waals surface area contributed by atoms with Gasteiger partial charge in [0.25, 0.3) is 0 Å². The predicted molar refractivity (Wildman–Crippen MR) is 115 cm³/mol. The summed E-state index contributed by atoms with van der Waals surface area (Å²) < 4.78 is 42.0. The fourth-order valence-electron chi connectivity index (χ4n) is 3.61. The zero-order valence-corrected chi connectivity index (χ0v) is 17.1. The van der Waals surface area contributed by atoms with Gasteiger partial charge in [-0.15, -0.1) is 0 Å². The third-order valence-corrected chi connectivity index (χ3v) is 5.43. The first-order chi connectivity index (χ1) is 14.8. The summed E-state index contributed by atoms with van der Waals surface area (Å²) in [7, 11) is 0. The van der Waals surface area contributed by atoms with Crippen molar-refractivity contribution in [3.63, 3.8) is 0 Å². The summed E-state index contributed by atoms with van der Waals surface area (Å²) in [5.41, 5.74) is 8.80. The highest BCUT2D eigenvalue weighted by Crippen LogP contribution is 2.39. The van der Waals surface area contributed by atoms with Crippen molar-refractivity contribution in [3.8, 4) is 17.1 Å². The highest BCUT2D eigenvalue weighted by atomic mass is 35.5. The van der Waals surface area contributed by atoms with E-state index >= 15 is 0 Å². The van der Waals surface area contributed by atoms with Gasteiger partial charge in [0.15, 0.2) is 0 Å². The summed E-state index contributed by atoms with van der Waals surface area (Å²) in [5.74, 6) is 0.473. The second-order valence-electron chi connectivity index (χ2n) is 7.09. The number of rotatable bonds is 5. The van der Waals surface area contributed by atoms with E-state index in [0.29, 0.717) is 23.4 Å². The summed E-state index contributed by atoms with van der Waals surface area (Å²) in [6, 6.07) is 17.1. The summed E-state index contributed by atoms with van der Waals surface area (Å²) in [6.45, 7) is 0.279. The van der Waals surface area contributed by atoms with E-state index in [-0.39, 0.29) is 18.7 Å². The van der Waals surface area contributed by atoms with Crippen LogP contribution in [0.1, 0.15) is 16.7 Å². The molecule has 0 aliphatic carbocycles. The van der Waals surface area contributed by atoms with E-state index < -0.39 is 16.8 Å². The van der Waals surface area contributed by atoms with Gasteiger partial charge in [-0.2, -0.15) is 13.2 Å². The van der Waals surface area contributed by atoms with Gasteiger partial charge in [-0.1, -0.05) is 48.0 Å². The van der Waals surface area contributed by atoms with Crippen LogP contribution >= 0.6 is 11.6 Å². The maximum Gasteiger partial charge on any atom is 0.417 e. The molecule has 0 unspecified atom stereocenters. The van der Waals surface area contributed by atoms with Gasteiger partial charge in [0.05, 0.1) is 21.6 Å². The Bertz CT molecular complexity index is 1230. The summed E-state index contributed by atoms with van der Waals surface area (Å²) in [4.78, 5) is 4.55. The van der Waals surface area contributed by atoms with Crippen molar-refractivity contribution in [2.75, 3.05) is 6.61 Å². The number of aliphatic hydroxyl groups excluding tert-OH is 1. The third kappa shape index (κ3) is 4.04. The molecule has 4 aromatic rings. The van der Waals surface area contributed by atoms with Gasteiger partial charge in [-0.3, -0.25) is 4.57 Å². The first kappa shape index (κ1) is 21.4. The fraction of sp³-hybridized carbons (Fsp3) is 0.174. The maximum absolute atomic E-state index is 13.4. The molecule has 0 saturated heterocycles. The van der Waals surface area contributed by atoms with Crippen LogP contribution in [0.15, 0.2) is 60.7 Å². The number of benzene rings is 3. The molecule has 160 valence electrons. The van der Waals surface area contributed by atoms with Gasteiger partial charge >= 0.3 is 6.18 Å². The first-order valence-electron chi connectivity index (χ1n) is 9.61. The fourth-order valence-corrected chi connectivity index (χ4v) is 3.88. The molecule has 4 rings (SSSR count).